The third-order valence-corrected chi connectivity index (χ3v) is 4.98. The van der Waals surface area contributed by atoms with Crippen LogP contribution in [0.3, 0.4) is 0 Å². The average Bonchev–Trinajstić information content (AvgIpc) is 2.97. The fraction of sp³-hybridized carbons (Fsp3) is 0.550. The zero-order valence-corrected chi connectivity index (χ0v) is 14.9. The lowest BCUT2D eigenvalue weighted by atomic mass is 9.93. The molecule has 130 valence electrons. The summed E-state index contributed by atoms with van der Waals surface area (Å²) < 4.78 is 7.20. The van der Waals surface area contributed by atoms with E-state index in [1.165, 1.54) is 44.3 Å². The van der Waals surface area contributed by atoms with Crippen molar-refractivity contribution < 1.29 is 4.74 Å². The van der Waals surface area contributed by atoms with Gasteiger partial charge in [-0.3, -0.25) is 4.90 Å². The summed E-state index contributed by atoms with van der Waals surface area (Å²) in [4.78, 5) is 2.60. The van der Waals surface area contributed by atoms with Gasteiger partial charge in [-0.15, -0.1) is 0 Å². The lowest BCUT2D eigenvalue weighted by Gasteiger charge is -2.32. The number of methoxy groups -OCH3 is 1. The lowest BCUT2D eigenvalue weighted by molar-refractivity contribution is 0.142. The summed E-state index contributed by atoms with van der Waals surface area (Å²) in [6.45, 7) is 6.43. The first-order valence-corrected chi connectivity index (χ1v) is 9.08. The summed E-state index contributed by atoms with van der Waals surface area (Å²) in [5.41, 5.74) is 3.61. The fourth-order valence-electron chi connectivity index (χ4n) is 3.65. The minimum atomic E-state index is 0.818. The van der Waals surface area contributed by atoms with Gasteiger partial charge >= 0.3 is 0 Å². The normalized spacial score (nSPS) is 18.8. The predicted octanol–water partition coefficient (Wildman–Crippen LogP) is 3.82. The Bertz CT molecular complexity index is 623. The van der Waals surface area contributed by atoms with Crippen molar-refractivity contribution in [1.82, 2.24) is 14.7 Å². The van der Waals surface area contributed by atoms with Crippen LogP contribution < -0.4 is 0 Å². The molecular weight excluding hydrogens is 298 g/mol. The van der Waals surface area contributed by atoms with E-state index in [1.54, 1.807) is 7.11 Å². The van der Waals surface area contributed by atoms with Crippen LogP contribution in [0.2, 0.25) is 0 Å². The second-order valence-corrected chi connectivity index (χ2v) is 6.90. The molecule has 1 aromatic carbocycles. The Morgan fingerprint density at radius 2 is 2.08 bits per heavy atom. The largest absolute Gasteiger partial charge is 0.385 e. The maximum atomic E-state index is 5.19. The Labute approximate surface area is 145 Å². The Hall–Kier alpha value is -1.65. The Balaban J connectivity index is 1.60. The molecule has 4 nitrogen and oxygen atoms in total. The van der Waals surface area contributed by atoms with Crippen LogP contribution in [0.5, 0.6) is 0 Å². The third-order valence-electron chi connectivity index (χ3n) is 4.98. The Morgan fingerprint density at radius 1 is 1.25 bits per heavy atom. The maximum absolute atomic E-state index is 5.19. The molecule has 0 amide bonds. The molecule has 1 unspecified atom stereocenters. The van der Waals surface area contributed by atoms with Gasteiger partial charge in [0.1, 0.15) is 0 Å². The van der Waals surface area contributed by atoms with Crippen molar-refractivity contribution in [1.29, 1.82) is 0 Å². The highest BCUT2D eigenvalue weighted by Gasteiger charge is 2.20. The van der Waals surface area contributed by atoms with Crippen LogP contribution in [-0.4, -0.2) is 41.5 Å². The number of likely N-dealkylation sites (tertiary alicyclic amines) is 1. The van der Waals surface area contributed by atoms with Gasteiger partial charge in [0.25, 0.3) is 0 Å². The SMILES string of the molecule is COCCCC1CCCN(Cc2cn(-c3ccccc3)nc2C)C1. The van der Waals surface area contributed by atoms with E-state index < -0.39 is 0 Å². The molecule has 2 aromatic rings. The molecule has 4 heteroatoms. The smallest absolute Gasteiger partial charge is 0.0645 e. The van der Waals surface area contributed by atoms with Gasteiger partial charge in [-0.05, 0) is 57.2 Å². The number of hydrogen-bond donors (Lipinski definition) is 0. The first-order chi connectivity index (χ1) is 11.8. The molecule has 0 saturated carbocycles. The van der Waals surface area contributed by atoms with Crippen molar-refractivity contribution in [3.8, 4) is 5.69 Å². The molecule has 2 heterocycles. The zero-order chi connectivity index (χ0) is 16.8. The van der Waals surface area contributed by atoms with Gasteiger partial charge in [0, 0.05) is 38.6 Å². The molecule has 0 spiro atoms. The van der Waals surface area contributed by atoms with Crippen molar-refractivity contribution in [2.24, 2.45) is 5.92 Å². The quantitative estimate of drug-likeness (QED) is 0.724. The molecular formula is C20H29N3O. The lowest BCUT2D eigenvalue weighted by Crippen LogP contribution is -2.35. The standard InChI is InChI=1S/C20H29N3O/c1-17-19(16-23(21-17)20-10-4-3-5-11-20)15-22-12-6-8-18(14-22)9-7-13-24-2/h3-5,10-11,16,18H,6-9,12-15H2,1-2H3. The molecule has 0 radical (unpaired) electrons. The monoisotopic (exact) mass is 327 g/mol. The summed E-state index contributed by atoms with van der Waals surface area (Å²) in [5.74, 6) is 0.818. The third kappa shape index (κ3) is 4.46. The molecule has 0 N–H and O–H groups in total. The van der Waals surface area contributed by atoms with Crippen LogP contribution in [0.4, 0.5) is 0 Å². The van der Waals surface area contributed by atoms with Crippen LogP contribution in [0.1, 0.15) is 36.9 Å². The van der Waals surface area contributed by atoms with Crippen molar-refractivity contribution >= 4 is 0 Å². The Morgan fingerprint density at radius 3 is 2.88 bits per heavy atom. The van der Waals surface area contributed by atoms with E-state index in [2.05, 4.69) is 42.3 Å². The zero-order valence-electron chi connectivity index (χ0n) is 14.9. The van der Waals surface area contributed by atoms with Gasteiger partial charge in [0.15, 0.2) is 0 Å². The van der Waals surface area contributed by atoms with E-state index in [4.69, 9.17) is 9.84 Å². The molecule has 1 fully saturated rings. The molecule has 1 saturated heterocycles. The highest BCUT2D eigenvalue weighted by molar-refractivity contribution is 5.32. The molecule has 1 aliphatic heterocycles. The number of aryl methyl sites for hydroxylation is 1. The summed E-state index contributed by atoms with van der Waals surface area (Å²) >= 11 is 0. The van der Waals surface area contributed by atoms with Gasteiger partial charge in [-0.1, -0.05) is 18.2 Å². The number of para-hydroxylation sites is 1. The van der Waals surface area contributed by atoms with E-state index in [1.807, 2.05) is 10.7 Å². The van der Waals surface area contributed by atoms with Gasteiger partial charge in [-0.25, -0.2) is 4.68 Å². The van der Waals surface area contributed by atoms with Crippen LogP contribution in [0.25, 0.3) is 5.69 Å². The van der Waals surface area contributed by atoms with Gasteiger partial charge in [0.2, 0.25) is 0 Å². The fourth-order valence-corrected chi connectivity index (χ4v) is 3.65. The number of piperidine rings is 1. The number of ether oxygens (including phenoxy) is 1. The summed E-state index contributed by atoms with van der Waals surface area (Å²) in [6.07, 6.45) is 7.33. The van der Waals surface area contributed by atoms with Gasteiger partial charge < -0.3 is 4.74 Å². The first-order valence-electron chi connectivity index (χ1n) is 9.08. The average molecular weight is 327 g/mol. The molecule has 24 heavy (non-hydrogen) atoms. The van der Waals surface area contributed by atoms with Crippen molar-refractivity contribution in [2.45, 2.75) is 39.2 Å². The highest BCUT2D eigenvalue weighted by atomic mass is 16.5. The van der Waals surface area contributed by atoms with Crippen LogP contribution in [0.15, 0.2) is 36.5 Å². The predicted molar refractivity (Wildman–Crippen MR) is 97.4 cm³/mol. The summed E-state index contributed by atoms with van der Waals surface area (Å²) in [5, 5.41) is 4.70. The molecule has 0 aliphatic carbocycles. The van der Waals surface area contributed by atoms with Crippen LogP contribution >= 0.6 is 0 Å². The van der Waals surface area contributed by atoms with Crippen LogP contribution in [-0.2, 0) is 11.3 Å². The van der Waals surface area contributed by atoms with Crippen molar-refractivity contribution in [3.63, 3.8) is 0 Å². The van der Waals surface area contributed by atoms with Crippen LogP contribution in [0, 0.1) is 12.8 Å². The van der Waals surface area contributed by atoms with E-state index in [-0.39, 0.29) is 0 Å². The van der Waals surface area contributed by atoms with Gasteiger partial charge in [0.05, 0.1) is 11.4 Å². The van der Waals surface area contributed by atoms with Crippen molar-refractivity contribution in [3.05, 3.63) is 47.8 Å². The van der Waals surface area contributed by atoms with Crippen molar-refractivity contribution in [2.75, 3.05) is 26.8 Å². The van der Waals surface area contributed by atoms with Gasteiger partial charge in [-0.2, -0.15) is 5.10 Å². The second-order valence-electron chi connectivity index (χ2n) is 6.90. The number of aromatic nitrogens is 2. The number of hydrogen-bond acceptors (Lipinski definition) is 3. The summed E-state index contributed by atoms with van der Waals surface area (Å²) in [6, 6.07) is 10.4. The molecule has 1 aliphatic rings. The second kappa shape index (κ2) is 8.45. The minimum Gasteiger partial charge on any atom is -0.385 e. The van der Waals surface area contributed by atoms with E-state index >= 15 is 0 Å². The number of benzene rings is 1. The number of nitrogens with zero attached hydrogens (tertiary/aromatic N) is 3. The Kier molecular flexibility index (Phi) is 6.05. The molecule has 1 aromatic heterocycles. The van der Waals surface area contributed by atoms with E-state index in [0.717, 1.165) is 30.5 Å². The molecule has 0 bridgehead atoms. The topological polar surface area (TPSA) is 30.3 Å². The minimum absolute atomic E-state index is 0.818. The first kappa shape index (κ1) is 17.2. The highest BCUT2D eigenvalue weighted by Crippen LogP contribution is 2.23. The van der Waals surface area contributed by atoms with E-state index in [9.17, 15) is 0 Å². The summed E-state index contributed by atoms with van der Waals surface area (Å²) in [7, 11) is 1.79. The molecule has 1 atom stereocenters. The van der Waals surface area contributed by atoms with E-state index in [0.29, 0.717) is 0 Å². The maximum Gasteiger partial charge on any atom is 0.0645 e. The molecule has 3 rings (SSSR count). The number of rotatable bonds is 7.